The van der Waals surface area contributed by atoms with Gasteiger partial charge in [-0.25, -0.2) is 0 Å². The highest BCUT2D eigenvalue weighted by Crippen LogP contribution is 2.19. The van der Waals surface area contributed by atoms with E-state index >= 15 is 0 Å². The summed E-state index contributed by atoms with van der Waals surface area (Å²) >= 11 is 0. The van der Waals surface area contributed by atoms with E-state index in [0.717, 1.165) is 0 Å². The van der Waals surface area contributed by atoms with Gasteiger partial charge >= 0.3 is 0 Å². The number of carbonyl (C=O) groups excluding carboxylic acids is 2. The molecule has 6 heteroatoms. The van der Waals surface area contributed by atoms with Crippen molar-refractivity contribution in [1.82, 2.24) is 10.6 Å². The normalized spacial score (nSPS) is 16.8. The highest BCUT2D eigenvalue weighted by atomic mass is 16.5. The number of hydrogen-bond acceptors (Lipinski definition) is 4. The van der Waals surface area contributed by atoms with Crippen LogP contribution in [0.4, 0.5) is 0 Å². The van der Waals surface area contributed by atoms with E-state index < -0.39 is 0 Å². The van der Waals surface area contributed by atoms with E-state index in [9.17, 15) is 9.59 Å². The molecule has 0 saturated carbocycles. The molecule has 0 saturated heterocycles. The number of fused-ring (bicyclic) bond motifs is 2. The molecule has 26 heavy (non-hydrogen) atoms. The third kappa shape index (κ3) is 4.42. The first-order valence-electron chi connectivity index (χ1n) is 8.41. The fourth-order valence-corrected chi connectivity index (χ4v) is 2.51. The first kappa shape index (κ1) is 17.5. The second-order valence-corrected chi connectivity index (χ2v) is 5.60. The molecule has 1 aliphatic heterocycles. The second kappa shape index (κ2) is 8.71. The highest BCUT2D eigenvalue weighted by molar-refractivity contribution is 5.98. The van der Waals surface area contributed by atoms with Gasteiger partial charge in [-0.15, -0.1) is 0 Å². The number of nitrogens with one attached hydrogen (secondary N) is 2. The van der Waals surface area contributed by atoms with Gasteiger partial charge in [-0.05, 0) is 36.4 Å². The molecule has 3 rings (SSSR count). The molecular weight excluding hydrogens is 332 g/mol. The zero-order valence-electron chi connectivity index (χ0n) is 14.2. The number of benzene rings is 2. The minimum absolute atomic E-state index is 0.241. The number of ether oxygens (including phenoxy) is 2. The molecule has 0 spiro atoms. The monoisotopic (exact) mass is 352 g/mol. The van der Waals surface area contributed by atoms with Gasteiger partial charge in [0.05, 0.1) is 11.1 Å². The molecule has 1 heterocycles. The van der Waals surface area contributed by atoms with Crippen LogP contribution in [0.3, 0.4) is 0 Å². The Labute approximate surface area is 151 Å². The van der Waals surface area contributed by atoms with Crippen molar-refractivity contribution in [2.75, 3.05) is 26.3 Å². The number of rotatable bonds is 0. The lowest BCUT2D eigenvalue weighted by Crippen LogP contribution is -2.35. The zero-order valence-corrected chi connectivity index (χ0v) is 14.2. The van der Waals surface area contributed by atoms with Crippen LogP contribution in [0.2, 0.25) is 0 Å². The average molecular weight is 352 g/mol. The molecule has 0 radical (unpaired) electrons. The van der Waals surface area contributed by atoms with Gasteiger partial charge in [0.2, 0.25) is 0 Å². The number of carbonyl (C=O) groups is 2. The molecule has 0 fully saturated rings. The maximum Gasteiger partial charge on any atom is 0.255 e. The van der Waals surface area contributed by atoms with Crippen LogP contribution >= 0.6 is 0 Å². The minimum Gasteiger partial charge on any atom is -0.489 e. The molecule has 2 aromatic carbocycles. The first-order chi connectivity index (χ1) is 12.8. The summed E-state index contributed by atoms with van der Waals surface area (Å²) in [4.78, 5) is 24.7. The Morgan fingerprint density at radius 1 is 0.654 bits per heavy atom. The van der Waals surface area contributed by atoms with Crippen molar-refractivity contribution in [3.05, 3.63) is 71.8 Å². The summed E-state index contributed by atoms with van der Waals surface area (Å²) in [6.07, 6.45) is 3.62. The number of amides is 2. The molecule has 0 bridgehead atoms. The zero-order chi connectivity index (χ0) is 18.2. The van der Waals surface area contributed by atoms with Crippen molar-refractivity contribution in [3.8, 4) is 11.5 Å². The number of hydrogen-bond donors (Lipinski definition) is 2. The van der Waals surface area contributed by atoms with Crippen LogP contribution < -0.4 is 20.1 Å². The third-order valence-electron chi connectivity index (χ3n) is 3.80. The fraction of sp³-hybridized carbons (Fsp3) is 0.200. The van der Waals surface area contributed by atoms with Gasteiger partial charge in [0.25, 0.3) is 11.8 Å². The minimum atomic E-state index is -0.241. The van der Waals surface area contributed by atoms with E-state index in [0.29, 0.717) is 48.9 Å². The summed E-state index contributed by atoms with van der Waals surface area (Å²) in [6.45, 7) is 1.25. The van der Waals surface area contributed by atoms with Crippen molar-refractivity contribution >= 4 is 11.8 Å². The Hall–Kier alpha value is -3.28. The predicted molar refractivity (Wildman–Crippen MR) is 97.7 cm³/mol. The van der Waals surface area contributed by atoms with Crippen molar-refractivity contribution in [1.29, 1.82) is 0 Å². The van der Waals surface area contributed by atoms with Crippen molar-refractivity contribution in [2.24, 2.45) is 0 Å². The Bertz CT molecular complexity index is 749. The van der Waals surface area contributed by atoms with Crippen molar-refractivity contribution in [3.63, 3.8) is 0 Å². The van der Waals surface area contributed by atoms with Crippen LogP contribution in [0.15, 0.2) is 60.7 Å². The van der Waals surface area contributed by atoms with Crippen LogP contribution in [-0.2, 0) is 0 Å². The molecule has 2 amide bonds. The molecule has 0 atom stereocenters. The van der Waals surface area contributed by atoms with Gasteiger partial charge in [0.1, 0.15) is 24.7 Å². The molecule has 0 aliphatic carbocycles. The Morgan fingerprint density at radius 2 is 1.08 bits per heavy atom. The molecule has 2 N–H and O–H groups in total. The largest absolute Gasteiger partial charge is 0.489 e. The molecule has 2 aromatic rings. The molecule has 6 nitrogen and oxygen atoms in total. The number of para-hydroxylation sites is 2. The van der Waals surface area contributed by atoms with Crippen LogP contribution in [0.25, 0.3) is 0 Å². The Kier molecular flexibility index (Phi) is 5.88. The van der Waals surface area contributed by atoms with E-state index in [2.05, 4.69) is 10.6 Å². The molecule has 134 valence electrons. The van der Waals surface area contributed by atoms with Crippen LogP contribution in [0.1, 0.15) is 20.7 Å². The van der Waals surface area contributed by atoms with Crippen molar-refractivity contribution in [2.45, 2.75) is 0 Å². The summed E-state index contributed by atoms with van der Waals surface area (Å²) in [5.41, 5.74) is 0.918. The van der Waals surface area contributed by atoms with Crippen LogP contribution in [-0.4, -0.2) is 38.1 Å². The lowest BCUT2D eigenvalue weighted by Gasteiger charge is -2.13. The smallest absolute Gasteiger partial charge is 0.255 e. The topological polar surface area (TPSA) is 76.7 Å². The summed E-state index contributed by atoms with van der Waals surface area (Å²) < 4.78 is 11.3. The maximum atomic E-state index is 12.3. The van der Waals surface area contributed by atoms with E-state index in [1.807, 2.05) is 24.3 Å². The summed E-state index contributed by atoms with van der Waals surface area (Å²) in [6, 6.07) is 14.1. The Morgan fingerprint density at radius 3 is 1.54 bits per heavy atom. The maximum absolute atomic E-state index is 12.3. The SMILES string of the molecule is O=C1NCCNC(=O)c2ccccc2OC/C=C\COc2ccccc21. The van der Waals surface area contributed by atoms with Gasteiger partial charge < -0.3 is 20.1 Å². The van der Waals surface area contributed by atoms with Crippen LogP contribution in [0.5, 0.6) is 11.5 Å². The van der Waals surface area contributed by atoms with E-state index in [-0.39, 0.29) is 11.8 Å². The van der Waals surface area contributed by atoms with Gasteiger partial charge in [-0.1, -0.05) is 24.3 Å². The Balaban J connectivity index is 1.77. The molecule has 0 aromatic heterocycles. The standard InChI is InChI=1S/C20H20N2O4/c23-19-15-7-1-3-9-17(15)25-13-5-6-14-26-18-10-4-2-8-16(18)20(24)22-12-11-21-19/h1-10H,11-14H2,(H,21,23)(H,22,24)/b6-5-. The molecule has 0 unspecified atom stereocenters. The van der Waals surface area contributed by atoms with Gasteiger partial charge in [0, 0.05) is 13.1 Å². The van der Waals surface area contributed by atoms with Gasteiger partial charge in [-0.3, -0.25) is 9.59 Å². The van der Waals surface area contributed by atoms with E-state index in [1.165, 1.54) is 0 Å². The molecular formula is C20H20N2O4. The van der Waals surface area contributed by atoms with Crippen molar-refractivity contribution < 1.29 is 19.1 Å². The molecule has 1 aliphatic rings. The third-order valence-corrected chi connectivity index (χ3v) is 3.80. The average Bonchev–Trinajstić information content (AvgIpc) is 2.67. The fourth-order valence-electron chi connectivity index (χ4n) is 2.51. The van der Waals surface area contributed by atoms with E-state index in [1.54, 1.807) is 36.4 Å². The predicted octanol–water partition coefficient (Wildman–Crippen LogP) is 2.17. The van der Waals surface area contributed by atoms with Crippen LogP contribution in [0, 0.1) is 0 Å². The quantitative estimate of drug-likeness (QED) is 0.713. The second-order valence-electron chi connectivity index (χ2n) is 5.60. The summed E-state index contributed by atoms with van der Waals surface area (Å²) in [5, 5.41) is 5.56. The lowest BCUT2D eigenvalue weighted by molar-refractivity contribution is 0.0923. The van der Waals surface area contributed by atoms with E-state index in [4.69, 9.17) is 9.47 Å². The highest BCUT2D eigenvalue weighted by Gasteiger charge is 2.13. The van der Waals surface area contributed by atoms with Gasteiger partial charge in [0.15, 0.2) is 0 Å². The van der Waals surface area contributed by atoms with Gasteiger partial charge in [-0.2, -0.15) is 0 Å². The lowest BCUT2D eigenvalue weighted by atomic mass is 10.2. The summed E-state index contributed by atoms with van der Waals surface area (Å²) in [5.74, 6) is 0.540. The summed E-state index contributed by atoms with van der Waals surface area (Å²) in [7, 11) is 0. The first-order valence-corrected chi connectivity index (χ1v) is 8.41.